The molecule has 2 heterocycles. The fourth-order valence-electron chi connectivity index (χ4n) is 2.01. The molecule has 6 heteroatoms. The first-order valence-corrected chi connectivity index (χ1v) is 6.54. The van der Waals surface area contributed by atoms with E-state index in [1.54, 1.807) is 32.2 Å². The van der Waals surface area contributed by atoms with Crippen LogP contribution in [0.25, 0.3) is 0 Å². The smallest absolute Gasteiger partial charge is 0.342 e. The quantitative estimate of drug-likeness (QED) is 0.776. The van der Waals surface area contributed by atoms with E-state index in [9.17, 15) is 4.79 Å². The van der Waals surface area contributed by atoms with Crippen LogP contribution in [0.1, 0.15) is 24.2 Å². The molecule has 0 amide bonds. The molecule has 6 nitrogen and oxygen atoms in total. The van der Waals surface area contributed by atoms with Gasteiger partial charge in [0.05, 0.1) is 25.3 Å². The van der Waals surface area contributed by atoms with E-state index in [1.165, 1.54) is 0 Å². The number of esters is 1. The summed E-state index contributed by atoms with van der Waals surface area (Å²) in [4.78, 5) is 18.2. The van der Waals surface area contributed by atoms with Gasteiger partial charge in [0.15, 0.2) is 6.10 Å². The van der Waals surface area contributed by atoms with Gasteiger partial charge in [-0.15, -0.1) is 0 Å². The van der Waals surface area contributed by atoms with Gasteiger partial charge in [-0.25, -0.2) is 9.78 Å². The van der Waals surface area contributed by atoms with Crippen LogP contribution in [0.15, 0.2) is 18.3 Å². The zero-order valence-corrected chi connectivity index (χ0v) is 11.6. The number of nitriles is 1. The Morgan fingerprint density at radius 1 is 1.65 bits per heavy atom. The minimum Gasteiger partial charge on any atom is -0.459 e. The Hall–Kier alpha value is -2.13. The molecule has 106 valence electrons. The number of hydrogen-bond acceptors (Lipinski definition) is 6. The molecule has 0 aromatic carbocycles. The second-order valence-corrected chi connectivity index (χ2v) is 4.76. The molecule has 0 radical (unpaired) electrons. The lowest BCUT2D eigenvalue weighted by Gasteiger charge is -2.31. The van der Waals surface area contributed by atoms with Crippen molar-refractivity contribution in [2.75, 3.05) is 24.6 Å². The number of aromatic nitrogens is 1. The van der Waals surface area contributed by atoms with Crippen molar-refractivity contribution < 1.29 is 14.3 Å². The van der Waals surface area contributed by atoms with Gasteiger partial charge in [-0.05, 0) is 26.0 Å². The van der Waals surface area contributed by atoms with Crippen molar-refractivity contribution in [2.45, 2.75) is 26.1 Å². The molecule has 1 fully saturated rings. The van der Waals surface area contributed by atoms with Crippen molar-refractivity contribution >= 4 is 11.8 Å². The number of ether oxygens (including phenoxy) is 2. The zero-order valence-electron chi connectivity index (χ0n) is 11.6. The van der Waals surface area contributed by atoms with Crippen LogP contribution >= 0.6 is 0 Å². The Morgan fingerprint density at radius 2 is 2.45 bits per heavy atom. The Morgan fingerprint density at radius 3 is 3.15 bits per heavy atom. The van der Waals surface area contributed by atoms with E-state index in [4.69, 9.17) is 14.7 Å². The zero-order chi connectivity index (χ0) is 14.5. The highest BCUT2D eigenvalue weighted by Gasteiger charge is 2.25. The van der Waals surface area contributed by atoms with Crippen molar-refractivity contribution in [3.05, 3.63) is 23.9 Å². The maximum absolute atomic E-state index is 12.1. The van der Waals surface area contributed by atoms with Crippen molar-refractivity contribution in [1.82, 2.24) is 4.98 Å². The summed E-state index contributed by atoms with van der Waals surface area (Å²) in [6.45, 7) is 5.03. The molecule has 1 aromatic rings. The summed E-state index contributed by atoms with van der Waals surface area (Å²) in [7, 11) is 0. The molecular weight excluding hydrogens is 258 g/mol. The highest BCUT2D eigenvalue weighted by Crippen LogP contribution is 2.21. The van der Waals surface area contributed by atoms with Crippen molar-refractivity contribution in [3.8, 4) is 6.07 Å². The number of anilines is 1. The second kappa shape index (κ2) is 6.35. The van der Waals surface area contributed by atoms with Crippen LogP contribution in [0.5, 0.6) is 0 Å². The van der Waals surface area contributed by atoms with E-state index >= 15 is 0 Å². The second-order valence-electron chi connectivity index (χ2n) is 4.76. The maximum Gasteiger partial charge on any atom is 0.342 e. The Kier molecular flexibility index (Phi) is 4.53. The lowest BCUT2D eigenvalue weighted by atomic mass is 10.2. The average Bonchev–Trinajstić information content (AvgIpc) is 2.46. The molecule has 1 aliphatic heterocycles. The van der Waals surface area contributed by atoms with E-state index in [-0.39, 0.29) is 6.10 Å². The molecule has 1 aliphatic rings. The topological polar surface area (TPSA) is 75.4 Å². The summed E-state index contributed by atoms with van der Waals surface area (Å²) in [6.07, 6.45) is 0.935. The molecule has 0 bridgehead atoms. The molecular formula is C14H17N3O3. The van der Waals surface area contributed by atoms with Crippen molar-refractivity contribution in [3.63, 3.8) is 0 Å². The predicted octanol–water partition coefficient (Wildman–Crippen LogP) is 1.38. The predicted molar refractivity (Wildman–Crippen MR) is 72.4 cm³/mol. The number of carbonyl (C=O) groups is 1. The van der Waals surface area contributed by atoms with Gasteiger partial charge in [-0.3, -0.25) is 0 Å². The van der Waals surface area contributed by atoms with Crippen LogP contribution in [0.2, 0.25) is 0 Å². The number of rotatable bonds is 3. The molecule has 0 aliphatic carbocycles. The third kappa shape index (κ3) is 3.25. The molecule has 1 aromatic heterocycles. The SMILES string of the molecule is CC(C)OC(=O)c1cccnc1N1CCOC(C#N)C1. The molecule has 0 spiro atoms. The van der Waals surface area contributed by atoms with Crippen LogP contribution in [-0.4, -0.2) is 42.9 Å². The Balaban J connectivity index is 2.23. The lowest BCUT2D eigenvalue weighted by Crippen LogP contribution is -2.43. The summed E-state index contributed by atoms with van der Waals surface area (Å²) in [5.41, 5.74) is 0.416. The van der Waals surface area contributed by atoms with E-state index < -0.39 is 12.1 Å². The first-order valence-electron chi connectivity index (χ1n) is 6.54. The number of hydrogen-bond donors (Lipinski definition) is 0. The highest BCUT2D eigenvalue weighted by atomic mass is 16.5. The lowest BCUT2D eigenvalue weighted by molar-refractivity contribution is 0.0376. The van der Waals surface area contributed by atoms with Gasteiger partial charge < -0.3 is 14.4 Å². The number of pyridine rings is 1. The number of carbonyl (C=O) groups excluding carboxylic acids is 1. The third-order valence-electron chi connectivity index (χ3n) is 2.86. The van der Waals surface area contributed by atoms with Gasteiger partial charge >= 0.3 is 5.97 Å². The number of nitrogens with zero attached hydrogens (tertiary/aromatic N) is 3. The van der Waals surface area contributed by atoms with E-state index in [1.807, 2.05) is 4.90 Å². The highest BCUT2D eigenvalue weighted by molar-refractivity contribution is 5.94. The van der Waals surface area contributed by atoms with Crippen LogP contribution in [0.4, 0.5) is 5.82 Å². The standard InChI is InChI=1S/C14H17N3O3/c1-10(2)20-14(18)12-4-3-5-16-13(12)17-6-7-19-11(8-15)9-17/h3-5,10-11H,6-7,9H2,1-2H3. The van der Waals surface area contributed by atoms with Gasteiger partial charge in [0, 0.05) is 12.7 Å². The summed E-state index contributed by atoms with van der Waals surface area (Å²) in [6, 6.07) is 5.46. The Labute approximate surface area is 117 Å². The summed E-state index contributed by atoms with van der Waals surface area (Å²) >= 11 is 0. The number of morpholine rings is 1. The van der Waals surface area contributed by atoms with Crippen LogP contribution in [0, 0.1) is 11.3 Å². The first kappa shape index (κ1) is 14.3. The average molecular weight is 275 g/mol. The molecule has 1 saturated heterocycles. The fourth-order valence-corrected chi connectivity index (χ4v) is 2.01. The minimum atomic E-state index is -0.500. The fraction of sp³-hybridized carbons (Fsp3) is 0.500. The van der Waals surface area contributed by atoms with Gasteiger partial charge in [0.1, 0.15) is 11.4 Å². The maximum atomic E-state index is 12.1. The van der Waals surface area contributed by atoms with E-state index in [0.717, 1.165) is 0 Å². The molecule has 0 N–H and O–H groups in total. The molecule has 0 saturated carbocycles. The molecule has 1 unspecified atom stereocenters. The van der Waals surface area contributed by atoms with Gasteiger partial charge in [-0.2, -0.15) is 5.26 Å². The third-order valence-corrected chi connectivity index (χ3v) is 2.86. The van der Waals surface area contributed by atoms with Gasteiger partial charge in [0.2, 0.25) is 0 Å². The Bertz CT molecular complexity index is 525. The monoisotopic (exact) mass is 275 g/mol. The summed E-state index contributed by atoms with van der Waals surface area (Å²) < 4.78 is 10.5. The molecule has 20 heavy (non-hydrogen) atoms. The van der Waals surface area contributed by atoms with Crippen molar-refractivity contribution in [1.29, 1.82) is 5.26 Å². The van der Waals surface area contributed by atoms with Crippen LogP contribution in [0.3, 0.4) is 0 Å². The van der Waals surface area contributed by atoms with Crippen LogP contribution < -0.4 is 4.90 Å². The van der Waals surface area contributed by atoms with E-state index in [2.05, 4.69) is 11.1 Å². The normalized spacial score (nSPS) is 18.7. The largest absolute Gasteiger partial charge is 0.459 e. The first-order chi connectivity index (χ1) is 9.61. The van der Waals surface area contributed by atoms with Crippen molar-refractivity contribution in [2.24, 2.45) is 0 Å². The van der Waals surface area contributed by atoms with Crippen LogP contribution in [-0.2, 0) is 9.47 Å². The van der Waals surface area contributed by atoms with E-state index in [0.29, 0.717) is 31.1 Å². The molecule has 2 rings (SSSR count). The van der Waals surface area contributed by atoms with Gasteiger partial charge in [0.25, 0.3) is 0 Å². The summed E-state index contributed by atoms with van der Waals surface area (Å²) in [5, 5.41) is 8.94. The minimum absolute atomic E-state index is 0.188. The molecule has 1 atom stereocenters. The summed E-state index contributed by atoms with van der Waals surface area (Å²) in [5.74, 6) is 0.143. The van der Waals surface area contributed by atoms with Gasteiger partial charge in [-0.1, -0.05) is 0 Å².